The Bertz CT molecular complexity index is 2320. The van der Waals surface area contributed by atoms with Gasteiger partial charge in [-0.3, -0.25) is 24.0 Å². The highest BCUT2D eigenvalue weighted by molar-refractivity contribution is 5.76. The van der Waals surface area contributed by atoms with Crippen molar-refractivity contribution in [2.24, 2.45) is 11.5 Å². The lowest BCUT2D eigenvalue weighted by Gasteiger charge is -2.52. The third-order valence-corrected chi connectivity index (χ3v) is 16.7. The number of nitrogens with two attached hydrogens (primary N) is 2. The number of unbranched alkanes of at least 4 members (excludes halogenated alkanes) is 12. The molecule has 18 N–H and O–H groups in total. The molecule has 5 aliphatic rings. The number of hydrogen-bond acceptors (Lipinski definition) is 28. The molecule has 0 radical (unpaired) electrons. The fourth-order valence-corrected chi connectivity index (χ4v) is 12.1. The molecular weight excluding hydrogens is 1230 g/mol. The van der Waals surface area contributed by atoms with Crippen molar-refractivity contribution in [1.29, 1.82) is 0 Å². The Hall–Kier alpha value is -4.87. The van der Waals surface area contributed by atoms with Crippen LogP contribution in [0.25, 0.3) is 0 Å². The average molecular weight is 1330 g/mol. The number of aliphatic hydroxyl groups is 10. The second-order valence-electron chi connectivity index (χ2n) is 23.7. The maximum Gasteiger partial charge on any atom is 0.404 e. The van der Waals surface area contributed by atoms with Gasteiger partial charge < -0.3 is 141 Å². The summed E-state index contributed by atoms with van der Waals surface area (Å²) in [5.41, 5.74) is 10.6. The molecule has 5 heterocycles. The molecule has 92 heavy (non-hydrogen) atoms. The number of aliphatic hydroxyl groups excluding tert-OH is 10. The summed E-state index contributed by atoms with van der Waals surface area (Å²) in [4.78, 5) is 89.6. The fourth-order valence-electron chi connectivity index (χ4n) is 12.1. The van der Waals surface area contributed by atoms with Crippen LogP contribution >= 0.6 is 0 Å². The van der Waals surface area contributed by atoms with Gasteiger partial charge in [0.2, 0.25) is 29.5 Å². The van der Waals surface area contributed by atoms with Gasteiger partial charge in [0.1, 0.15) is 122 Å². The van der Waals surface area contributed by atoms with E-state index in [1.165, 1.54) is 45.6 Å². The van der Waals surface area contributed by atoms with Crippen LogP contribution in [0.5, 0.6) is 0 Å². The summed E-state index contributed by atoms with van der Waals surface area (Å²) in [6, 6.07) is -8.35. The van der Waals surface area contributed by atoms with Crippen molar-refractivity contribution >= 4 is 41.7 Å². The van der Waals surface area contributed by atoms with Gasteiger partial charge in [-0.1, -0.05) is 84.0 Å². The molecule has 530 valence electrons. The van der Waals surface area contributed by atoms with Gasteiger partial charge in [-0.05, 0) is 6.42 Å². The minimum Gasteiger partial charge on any atom is -0.447 e. The number of primary amides is 2. The van der Waals surface area contributed by atoms with Crippen LogP contribution < -0.4 is 32.7 Å². The summed E-state index contributed by atoms with van der Waals surface area (Å²) in [5.74, 6) is -3.68. The highest BCUT2D eigenvalue weighted by Gasteiger charge is 2.58. The molecule has 5 saturated heterocycles. The molecule has 0 aromatic rings. The van der Waals surface area contributed by atoms with Gasteiger partial charge >= 0.3 is 12.2 Å². The van der Waals surface area contributed by atoms with E-state index in [9.17, 15) is 84.6 Å². The lowest BCUT2D eigenvalue weighted by molar-refractivity contribution is -0.368. The van der Waals surface area contributed by atoms with E-state index in [4.69, 9.17) is 63.6 Å². The van der Waals surface area contributed by atoms with Gasteiger partial charge in [-0.15, -0.1) is 0 Å². The van der Waals surface area contributed by atoms with Crippen molar-refractivity contribution in [2.75, 3.05) is 40.1 Å². The monoisotopic (exact) mass is 1330 g/mol. The second-order valence-corrected chi connectivity index (χ2v) is 23.7. The molecule has 25 unspecified atom stereocenters. The van der Waals surface area contributed by atoms with Crippen LogP contribution in [0.2, 0.25) is 0 Å². The van der Waals surface area contributed by atoms with Crippen molar-refractivity contribution < 1.29 is 137 Å². The van der Waals surface area contributed by atoms with E-state index >= 15 is 0 Å². The molecule has 5 aliphatic heterocycles. The Kier molecular flexibility index (Phi) is 32.2. The van der Waals surface area contributed by atoms with E-state index in [-0.39, 0.29) is 6.42 Å². The normalized spacial score (nSPS) is 36.5. The highest BCUT2D eigenvalue weighted by Crippen LogP contribution is 2.37. The van der Waals surface area contributed by atoms with E-state index in [1.807, 2.05) is 0 Å². The molecule has 0 saturated carbocycles. The third-order valence-electron chi connectivity index (χ3n) is 16.7. The maximum absolute atomic E-state index is 14.0. The van der Waals surface area contributed by atoms with Crippen LogP contribution in [-0.4, -0.2) is 291 Å². The van der Waals surface area contributed by atoms with Crippen molar-refractivity contribution in [2.45, 2.75) is 278 Å². The smallest absolute Gasteiger partial charge is 0.404 e. The average Bonchev–Trinajstić information content (AvgIpc) is 0.778. The van der Waals surface area contributed by atoms with Gasteiger partial charge in [0.05, 0.1) is 26.4 Å². The van der Waals surface area contributed by atoms with Gasteiger partial charge in [-0.25, -0.2) is 9.59 Å². The van der Waals surface area contributed by atoms with Crippen molar-refractivity contribution in [3.05, 3.63) is 0 Å². The molecule has 0 bridgehead atoms. The number of ether oxygens (including phenoxy) is 11. The molecule has 5 rings (SSSR count). The van der Waals surface area contributed by atoms with E-state index in [1.54, 1.807) is 0 Å². The molecule has 25 atom stereocenters. The zero-order valence-electron chi connectivity index (χ0n) is 52.8. The topological polar surface area (TPSA) is 527 Å². The van der Waals surface area contributed by atoms with Crippen LogP contribution in [0.3, 0.4) is 0 Å². The van der Waals surface area contributed by atoms with E-state index in [2.05, 4.69) is 28.2 Å². The second kappa shape index (κ2) is 38.0. The summed E-state index contributed by atoms with van der Waals surface area (Å²) < 4.78 is 64.7. The Balaban J connectivity index is 1.37. The molecule has 7 amide bonds. The van der Waals surface area contributed by atoms with Gasteiger partial charge in [-0.2, -0.15) is 0 Å². The molecular formula is C57H99N7O28. The summed E-state index contributed by atoms with van der Waals surface area (Å²) >= 11 is 0. The largest absolute Gasteiger partial charge is 0.447 e. The number of hydrogen-bond donors (Lipinski definition) is 16. The van der Waals surface area contributed by atoms with Crippen LogP contribution in [-0.2, 0) is 76.1 Å². The predicted octanol–water partition coefficient (Wildman–Crippen LogP) is -5.20. The Labute approximate surface area is 532 Å². The molecule has 35 nitrogen and oxygen atoms in total. The third kappa shape index (κ3) is 21.6. The first-order valence-electron chi connectivity index (χ1n) is 31.3. The summed E-state index contributed by atoms with van der Waals surface area (Å²) in [6.07, 6.45) is -25.4. The fraction of sp³-hybridized carbons (Fsp3) is 0.877. The number of carbonyl (C=O) groups is 7. The number of nitrogens with one attached hydrogen (secondary N) is 4. The number of nitrogens with zero attached hydrogens (tertiary/aromatic N) is 1. The molecule has 0 aromatic heterocycles. The Morgan fingerprint density at radius 2 is 0.750 bits per heavy atom. The van der Waals surface area contributed by atoms with Crippen molar-refractivity contribution in [3.8, 4) is 0 Å². The Morgan fingerprint density at radius 1 is 0.424 bits per heavy atom. The quantitative estimate of drug-likeness (QED) is 0.0268. The first-order valence-corrected chi connectivity index (χ1v) is 31.3. The molecule has 35 heteroatoms. The highest BCUT2D eigenvalue weighted by atomic mass is 16.8. The number of likely N-dealkylation sites (N-methyl/N-ethyl adjacent to an activating group) is 1. The molecule has 0 aromatic carbocycles. The van der Waals surface area contributed by atoms with E-state index in [0.717, 1.165) is 64.7 Å². The van der Waals surface area contributed by atoms with Crippen molar-refractivity contribution in [3.63, 3.8) is 0 Å². The Morgan fingerprint density at radius 3 is 1.10 bits per heavy atom. The maximum atomic E-state index is 14.0. The summed E-state index contributed by atoms with van der Waals surface area (Å²) in [6.45, 7) is 1.68. The van der Waals surface area contributed by atoms with E-state index < -0.39 is 228 Å². The number of amides is 7. The number of rotatable bonds is 34. The van der Waals surface area contributed by atoms with Gasteiger partial charge in [0, 0.05) is 41.2 Å². The SMILES string of the molecule is CCCCCCCCCCCCCCCC(=O)N(C)C1C(OC2C(CO)OC(OC3C(CO)OC(OC4C(CO)OC(OC5C(CO)OC(O)C(NC(C)=O)C5O)C(NC(C)=O)C4O)C(NC(C)=O)C3O)C(NC(C)=O)C2O)OC(COC(N)=O)C(OC(N)=O)C1O. The van der Waals surface area contributed by atoms with Gasteiger partial charge in [0.15, 0.2) is 37.6 Å². The first-order chi connectivity index (χ1) is 43.7. The zero-order chi connectivity index (χ0) is 68.1. The first kappa shape index (κ1) is 77.8. The molecule has 0 aliphatic carbocycles. The minimum atomic E-state index is -2.05. The molecule has 5 fully saturated rings. The summed E-state index contributed by atoms with van der Waals surface area (Å²) in [5, 5.41) is 123. The van der Waals surface area contributed by atoms with Gasteiger partial charge in [0.25, 0.3) is 0 Å². The van der Waals surface area contributed by atoms with Crippen LogP contribution in [0.4, 0.5) is 9.59 Å². The van der Waals surface area contributed by atoms with E-state index in [0.29, 0.717) is 12.8 Å². The lowest BCUT2D eigenvalue weighted by Crippen LogP contribution is -2.72. The zero-order valence-corrected chi connectivity index (χ0v) is 52.8. The summed E-state index contributed by atoms with van der Waals surface area (Å²) in [7, 11) is 1.30. The minimum absolute atomic E-state index is 0.0257. The predicted molar refractivity (Wildman–Crippen MR) is 311 cm³/mol. The lowest BCUT2D eigenvalue weighted by atomic mass is 9.92. The van der Waals surface area contributed by atoms with Crippen LogP contribution in [0.1, 0.15) is 125 Å². The van der Waals surface area contributed by atoms with Crippen molar-refractivity contribution in [1.82, 2.24) is 26.2 Å². The number of carbonyl (C=O) groups excluding carboxylic acids is 7. The van der Waals surface area contributed by atoms with Crippen LogP contribution in [0, 0.1) is 0 Å². The standard InChI is InChI=1S/C57H99N7O28/c1-7-8-9-10-11-12-13-14-15-16-17-18-19-20-35(73)64(6)40-45(78)50(92-57(59)81)34(25-82-56(58)80)87-55(40)91-49-33(24-68)86-54(39(44(49)77)63-29(5)72)90-48-32(23-67)85-53(38(43(48)76)62-28(4)71)89-47-31(22-66)84-52(37(42(47)75)61-27(3)70)88-46-30(21-65)83-51(79)36(41(46)74)60-26(2)69/h30-34,36-55,65-68,74-79H,7-25H2,1-6H3,(H2,58,80)(H2,59,81)(H,60,69)(H,61,70)(H,62,71)(H,63,72). The van der Waals surface area contributed by atoms with Crippen LogP contribution in [0.15, 0.2) is 0 Å². The molecule has 0 spiro atoms.